The van der Waals surface area contributed by atoms with Crippen LogP contribution < -0.4 is 9.80 Å². The van der Waals surface area contributed by atoms with E-state index in [9.17, 15) is 25.6 Å². The number of piperazine rings is 2. The molecule has 0 bridgehead atoms. The van der Waals surface area contributed by atoms with Gasteiger partial charge in [-0.25, -0.2) is 35.6 Å². The molecule has 8 rings (SSSR count). The number of thiazole rings is 2. The average molecular weight is 877 g/mol. The molecule has 2 aromatic heterocycles. The van der Waals surface area contributed by atoms with E-state index in [1.165, 1.54) is 61.7 Å². The Morgan fingerprint density at radius 2 is 1.03 bits per heavy atom. The molecule has 2 saturated heterocycles. The van der Waals surface area contributed by atoms with Crippen LogP contribution >= 0.6 is 22.7 Å². The molecule has 0 aliphatic carbocycles. The molecule has 10 nitrogen and oxygen atoms in total. The van der Waals surface area contributed by atoms with Gasteiger partial charge in [-0.1, -0.05) is 67.9 Å². The number of hydrogen-bond acceptors (Lipinski definition) is 10. The average Bonchev–Trinajstić information content (AvgIpc) is 3.93. The summed E-state index contributed by atoms with van der Waals surface area (Å²) in [6.07, 6.45) is 2.20. The fraction of sp³-hybridized carbons (Fsp3) is 0.302. The predicted molar refractivity (Wildman–Crippen MR) is 233 cm³/mol. The molecular formula is C43H46F2N6O4S4. The lowest BCUT2D eigenvalue weighted by Crippen LogP contribution is -2.48. The van der Waals surface area contributed by atoms with Crippen molar-refractivity contribution < 1.29 is 25.6 Å². The minimum atomic E-state index is -3.69. The maximum absolute atomic E-state index is 13.5. The van der Waals surface area contributed by atoms with Crippen LogP contribution in [0.1, 0.15) is 30.0 Å². The second kappa shape index (κ2) is 18.4. The lowest BCUT2D eigenvalue weighted by atomic mass is 10.0. The minimum Gasteiger partial charge on any atom is -0.345 e. The molecule has 0 atom stereocenters. The van der Waals surface area contributed by atoms with Gasteiger partial charge in [0.2, 0.25) is 20.0 Å². The summed E-state index contributed by atoms with van der Waals surface area (Å²) in [5.41, 5.74) is 7.84. The molecule has 0 unspecified atom stereocenters. The standard InChI is InChI=1S/C22H24FN3O2S2.C21H22FN3O2S2/c1-2-4-17-7-9-18(10-8-17)21-16-29-22(24-21)25-11-13-26(14-12-25)30(27,28)20-6-3-5-19(23)15-20;1-15-5-3-6-16(2)20(15)19-14-28-21(23-19)24-9-11-25(12-10-24)29(26,27)18-8-4-7-17(22)13-18/h3,5-10,15-16H,2,4,11-14H2,1H3;3-8,13-14H,9-12H2,1-2H3. The van der Waals surface area contributed by atoms with E-state index in [1.807, 2.05) is 11.4 Å². The summed E-state index contributed by atoms with van der Waals surface area (Å²) in [5.74, 6) is -1.10. The second-order valence-electron chi connectivity index (χ2n) is 14.4. The van der Waals surface area contributed by atoms with Crippen LogP contribution in [0.15, 0.2) is 112 Å². The lowest BCUT2D eigenvalue weighted by molar-refractivity contribution is 0.384. The van der Waals surface area contributed by atoms with Crippen molar-refractivity contribution in [1.82, 2.24) is 18.6 Å². The number of aromatic nitrogens is 2. The van der Waals surface area contributed by atoms with E-state index >= 15 is 0 Å². The van der Waals surface area contributed by atoms with Crippen LogP contribution in [0, 0.1) is 25.5 Å². The molecule has 4 heterocycles. The normalized spacial score (nSPS) is 15.5. The van der Waals surface area contributed by atoms with E-state index in [0.717, 1.165) is 57.8 Å². The van der Waals surface area contributed by atoms with E-state index < -0.39 is 31.7 Å². The highest BCUT2D eigenvalue weighted by molar-refractivity contribution is 7.89. The van der Waals surface area contributed by atoms with Crippen LogP contribution in [0.25, 0.3) is 22.5 Å². The molecule has 0 amide bonds. The largest absolute Gasteiger partial charge is 0.345 e. The first-order valence-electron chi connectivity index (χ1n) is 19.4. The Morgan fingerprint density at radius 1 is 0.593 bits per heavy atom. The molecule has 2 aliphatic heterocycles. The first-order chi connectivity index (χ1) is 28.3. The van der Waals surface area contributed by atoms with Crippen molar-refractivity contribution in [3.05, 3.63) is 130 Å². The smallest absolute Gasteiger partial charge is 0.243 e. The summed E-state index contributed by atoms with van der Waals surface area (Å²) in [7, 11) is -7.38. The van der Waals surface area contributed by atoms with E-state index in [2.05, 4.69) is 72.3 Å². The fourth-order valence-corrected chi connectivity index (χ4v) is 11.9. The van der Waals surface area contributed by atoms with E-state index in [4.69, 9.17) is 9.97 Å². The maximum Gasteiger partial charge on any atom is 0.243 e. The third-order valence-electron chi connectivity index (χ3n) is 10.4. The van der Waals surface area contributed by atoms with Gasteiger partial charge in [0.25, 0.3) is 0 Å². The molecular weight excluding hydrogens is 831 g/mol. The summed E-state index contributed by atoms with van der Waals surface area (Å²) in [4.78, 5) is 13.8. The monoisotopic (exact) mass is 876 g/mol. The van der Waals surface area contributed by atoms with Crippen molar-refractivity contribution in [2.75, 3.05) is 62.2 Å². The summed E-state index contributed by atoms with van der Waals surface area (Å²) in [6.45, 7) is 9.92. The molecule has 59 heavy (non-hydrogen) atoms. The first kappa shape index (κ1) is 42.5. The van der Waals surface area contributed by atoms with Gasteiger partial charge in [-0.05, 0) is 73.4 Å². The fourth-order valence-electron chi connectivity index (χ4n) is 7.21. The number of aryl methyl sites for hydroxylation is 3. The first-order valence-corrected chi connectivity index (χ1v) is 24.1. The summed E-state index contributed by atoms with van der Waals surface area (Å²) in [5, 5.41) is 5.89. The minimum absolute atomic E-state index is 0.000922. The Balaban J connectivity index is 0.000000179. The van der Waals surface area contributed by atoms with Crippen molar-refractivity contribution >= 4 is 53.0 Å². The van der Waals surface area contributed by atoms with Crippen molar-refractivity contribution in [2.45, 2.75) is 43.4 Å². The number of anilines is 2. The summed E-state index contributed by atoms with van der Waals surface area (Å²) < 4.78 is 80.8. The van der Waals surface area contributed by atoms with Crippen LogP contribution in [-0.2, 0) is 26.5 Å². The number of benzene rings is 4. The molecule has 0 radical (unpaired) electrons. The molecule has 4 aromatic carbocycles. The van der Waals surface area contributed by atoms with Gasteiger partial charge in [-0.2, -0.15) is 8.61 Å². The number of nitrogens with zero attached hydrogens (tertiary/aromatic N) is 6. The quantitative estimate of drug-likeness (QED) is 0.135. The molecule has 2 aliphatic rings. The Kier molecular flexibility index (Phi) is 13.2. The summed E-state index contributed by atoms with van der Waals surface area (Å²) in [6, 6.07) is 25.0. The number of halogens is 2. The number of rotatable bonds is 10. The van der Waals surface area contributed by atoms with E-state index in [1.54, 1.807) is 22.7 Å². The van der Waals surface area contributed by atoms with Crippen LogP contribution in [0.2, 0.25) is 0 Å². The van der Waals surface area contributed by atoms with Crippen LogP contribution in [0.3, 0.4) is 0 Å². The second-order valence-corrected chi connectivity index (χ2v) is 20.0. The van der Waals surface area contributed by atoms with Crippen molar-refractivity contribution in [3.63, 3.8) is 0 Å². The van der Waals surface area contributed by atoms with Crippen LogP contribution in [0.5, 0.6) is 0 Å². The van der Waals surface area contributed by atoms with Gasteiger partial charge in [-0.3, -0.25) is 0 Å². The van der Waals surface area contributed by atoms with Gasteiger partial charge in [0.05, 0.1) is 21.2 Å². The van der Waals surface area contributed by atoms with Gasteiger partial charge in [0.15, 0.2) is 10.3 Å². The highest BCUT2D eigenvalue weighted by atomic mass is 32.2. The molecule has 310 valence electrons. The SMILES string of the molecule is CCCc1ccc(-c2csc(N3CCN(S(=O)(=O)c4cccc(F)c4)CC3)n2)cc1.Cc1cccc(C)c1-c1csc(N2CCN(S(=O)(=O)c3cccc(F)c3)CC2)n1. The molecule has 0 saturated carbocycles. The van der Waals surface area contributed by atoms with Gasteiger partial charge < -0.3 is 9.80 Å². The Bertz CT molecular complexity index is 2580. The third kappa shape index (κ3) is 9.74. The molecule has 0 spiro atoms. The topological polar surface area (TPSA) is 107 Å². The van der Waals surface area contributed by atoms with E-state index in [0.29, 0.717) is 52.4 Å². The molecule has 2 fully saturated rings. The number of sulfonamides is 2. The third-order valence-corrected chi connectivity index (χ3v) is 16.0. The zero-order chi connectivity index (χ0) is 41.7. The van der Waals surface area contributed by atoms with Crippen LogP contribution in [0.4, 0.5) is 19.0 Å². The van der Waals surface area contributed by atoms with Crippen molar-refractivity contribution in [2.24, 2.45) is 0 Å². The Morgan fingerprint density at radius 3 is 1.49 bits per heavy atom. The lowest BCUT2D eigenvalue weighted by Gasteiger charge is -2.33. The van der Waals surface area contributed by atoms with Gasteiger partial charge in [0.1, 0.15) is 11.6 Å². The highest BCUT2D eigenvalue weighted by Crippen LogP contribution is 2.33. The zero-order valence-corrected chi connectivity index (χ0v) is 36.4. The number of hydrogen-bond donors (Lipinski definition) is 0. The highest BCUT2D eigenvalue weighted by Gasteiger charge is 2.31. The molecule has 6 aromatic rings. The Labute approximate surface area is 353 Å². The maximum atomic E-state index is 13.5. The van der Waals surface area contributed by atoms with Gasteiger partial charge >= 0.3 is 0 Å². The molecule has 0 N–H and O–H groups in total. The zero-order valence-electron chi connectivity index (χ0n) is 33.1. The van der Waals surface area contributed by atoms with Gasteiger partial charge in [-0.15, -0.1) is 22.7 Å². The summed E-state index contributed by atoms with van der Waals surface area (Å²) >= 11 is 3.14. The Hall–Kier alpha value is -4.58. The van der Waals surface area contributed by atoms with E-state index in [-0.39, 0.29) is 9.79 Å². The van der Waals surface area contributed by atoms with Crippen molar-refractivity contribution in [3.8, 4) is 22.5 Å². The van der Waals surface area contributed by atoms with Gasteiger partial charge in [0, 0.05) is 74.2 Å². The van der Waals surface area contributed by atoms with Crippen LogP contribution in [-0.4, -0.2) is 87.8 Å². The predicted octanol–water partition coefficient (Wildman–Crippen LogP) is 8.49. The molecule has 16 heteroatoms. The van der Waals surface area contributed by atoms with Crippen molar-refractivity contribution in [1.29, 1.82) is 0 Å².